The number of rotatable bonds is 7. The van der Waals surface area contributed by atoms with E-state index in [0.717, 1.165) is 21.0 Å². The molecular weight excluding hydrogens is 400 g/mol. The molecule has 10 heteroatoms. The lowest BCUT2D eigenvalue weighted by Crippen LogP contribution is -2.41. The van der Waals surface area contributed by atoms with Gasteiger partial charge in [-0.15, -0.1) is 11.3 Å². The molecule has 0 spiro atoms. The van der Waals surface area contributed by atoms with Gasteiger partial charge in [0, 0.05) is 7.05 Å². The van der Waals surface area contributed by atoms with Gasteiger partial charge in [-0.1, -0.05) is 28.9 Å². The van der Waals surface area contributed by atoms with E-state index in [2.05, 4.69) is 10.1 Å². The first-order valence-electron chi connectivity index (χ1n) is 8.39. The number of carbonyl (C=O) groups is 1. The Morgan fingerprint density at radius 2 is 1.93 bits per heavy atom. The van der Waals surface area contributed by atoms with E-state index in [4.69, 9.17) is 4.52 Å². The zero-order valence-electron chi connectivity index (χ0n) is 15.7. The summed E-state index contributed by atoms with van der Waals surface area (Å²) in [6.07, 6.45) is 1.07. The van der Waals surface area contributed by atoms with Crippen LogP contribution in [0.4, 0.5) is 5.69 Å². The number of aromatic nitrogens is 2. The molecule has 0 bridgehead atoms. The maximum Gasteiger partial charge on any atom is 0.246 e. The van der Waals surface area contributed by atoms with Crippen LogP contribution in [-0.2, 0) is 21.4 Å². The highest BCUT2D eigenvalue weighted by Crippen LogP contribution is 2.22. The second-order valence-electron chi connectivity index (χ2n) is 6.34. The summed E-state index contributed by atoms with van der Waals surface area (Å²) < 4.78 is 30.6. The summed E-state index contributed by atoms with van der Waals surface area (Å²) in [6, 6.07) is 10.7. The van der Waals surface area contributed by atoms with Crippen LogP contribution < -0.4 is 4.31 Å². The molecule has 2 heterocycles. The number of hydrogen-bond donors (Lipinski definition) is 0. The number of amides is 1. The van der Waals surface area contributed by atoms with Crippen molar-refractivity contribution in [2.24, 2.45) is 0 Å². The van der Waals surface area contributed by atoms with Crippen LogP contribution in [0.25, 0.3) is 10.7 Å². The highest BCUT2D eigenvalue weighted by Gasteiger charge is 2.23. The molecule has 0 unspecified atom stereocenters. The van der Waals surface area contributed by atoms with Gasteiger partial charge >= 0.3 is 0 Å². The third kappa shape index (κ3) is 4.76. The van der Waals surface area contributed by atoms with Crippen molar-refractivity contribution in [1.29, 1.82) is 0 Å². The van der Waals surface area contributed by atoms with Crippen molar-refractivity contribution in [2.45, 2.75) is 13.5 Å². The van der Waals surface area contributed by atoms with Crippen LogP contribution in [0.2, 0.25) is 0 Å². The second kappa shape index (κ2) is 8.11. The molecule has 2 aromatic heterocycles. The van der Waals surface area contributed by atoms with Crippen LogP contribution in [0.3, 0.4) is 0 Å². The average Bonchev–Trinajstić information content (AvgIpc) is 3.30. The van der Waals surface area contributed by atoms with Gasteiger partial charge in [0.05, 0.1) is 23.4 Å². The van der Waals surface area contributed by atoms with Crippen molar-refractivity contribution in [3.8, 4) is 10.7 Å². The fourth-order valence-electron chi connectivity index (χ4n) is 2.47. The van der Waals surface area contributed by atoms with Gasteiger partial charge in [0.1, 0.15) is 6.54 Å². The molecule has 0 atom stereocenters. The zero-order chi connectivity index (χ0) is 20.3. The van der Waals surface area contributed by atoms with Crippen molar-refractivity contribution < 1.29 is 17.7 Å². The van der Waals surface area contributed by atoms with E-state index in [0.29, 0.717) is 11.5 Å². The highest BCUT2D eigenvalue weighted by atomic mass is 32.2. The quantitative estimate of drug-likeness (QED) is 0.583. The summed E-state index contributed by atoms with van der Waals surface area (Å²) in [4.78, 5) is 19.1. The minimum Gasteiger partial charge on any atom is -0.337 e. The molecule has 0 aliphatic heterocycles. The maximum atomic E-state index is 12.6. The molecule has 0 saturated carbocycles. The van der Waals surface area contributed by atoms with Gasteiger partial charge in [-0.2, -0.15) is 4.98 Å². The first-order valence-corrected chi connectivity index (χ1v) is 11.1. The number of anilines is 1. The summed E-state index contributed by atoms with van der Waals surface area (Å²) in [7, 11) is -2.06. The average molecular weight is 421 g/mol. The Morgan fingerprint density at radius 3 is 2.54 bits per heavy atom. The summed E-state index contributed by atoms with van der Waals surface area (Å²) in [5, 5.41) is 5.82. The summed E-state index contributed by atoms with van der Waals surface area (Å²) >= 11 is 1.49. The molecule has 1 aromatic carbocycles. The monoisotopic (exact) mass is 420 g/mol. The number of benzene rings is 1. The normalized spacial score (nSPS) is 11.4. The first-order chi connectivity index (χ1) is 13.2. The Hall–Kier alpha value is -2.72. The van der Waals surface area contributed by atoms with Gasteiger partial charge in [0.2, 0.25) is 27.6 Å². The van der Waals surface area contributed by atoms with E-state index in [9.17, 15) is 13.2 Å². The summed E-state index contributed by atoms with van der Waals surface area (Å²) in [5.41, 5.74) is 1.44. The lowest BCUT2D eigenvalue weighted by Gasteiger charge is -2.24. The molecule has 0 aliphatic carbocycles. The third-order valence-electron chi connectivity index (χ3n) is 4.01. The molecule has 0 radical (unpaired) electrons. The van der Waals surface area contributed by atoms with Crippen molar-refractivity contribution in [2.75, 3.05) is 24.2 Å². The molecule has 0 N–H and O–H groups in total. The molecule has 3 rings (SSSR count). The first kappa shape index (κ1) is 20.0. The second-order valence-corrected chi connectivity index (χ2v) is 9.20. The maximum absolute atomic E-state index is 12.6. The molecule has 3 aromatic rings. The van der Waals surface area contributed by atoms with Gasteiger partial charge in [0.15, 0.2) is 0 Å². The molecule has 148 valence electrons. The Morgan fingerprint density at radius 1 is 1.21 bits per heavy atom. The number of hydrogen-bond acceptors (Lipinski definition) is 7. The zero-order valence-corrected chi connectivity index (χ0v) is 17.3. The van der Waals surface area contributed by atoms with Gasteiger partial charge < -0.3 is 9.42 Å². The number of thiophene rings is 1. The van der Waals surface area contributed by atoms with Crippen LogP contribution in [0, 0.1) is 6.92 Å². The fraction of sp³-hybridized carbons (Fsp3) is 0.278. The number of likely N-dealkylation sites (N-methyl/N-ethyl adjacent to an activating group) is 1. The van der Waals surface area contributed by atoms with Gasteiger partial charge in [-0.3, -0.25) is 9.10 Å². The fourth-order valence-corrected chi connectivity index (χ4v) is 3.97. The lowest BCUT2D eigenvalue weighted by atomic mass is 10.2. The third-order valence-corrected chi connectivity index (χ3v) is 6.02. The van der Waals surface area contributed by atoms with E-state index in [-0.39, 0.29) is 24.9 Å². The van der Waals surface area contributed by atoms with Gasteiger partial charge in [0.25, 0.3) is 0 Å². The van der Waals surface area contributed by atoms with E-state index < -0.39 is 10.0 Å². The molecule has 0 fully saturated rings. The van der Waals surface area contributed by atoms with E-state index in [1.165, 1.54) is 16.2 Å². The van der Waals surface area contributed by atoms with Crippen LogP contribution in [0.1, 0.15) is 11.5 Å². The van der Waals surface area contributed by atoms with Crippen molar-refractivity contribution in [3.05, 3.63) is 53.2 Å². The minimum absolute atomic E-state index is 0.0860. The molecule has 1 amide bonds. The van der Waals surface area contributed by atoms with E-state index in [1.54, 1.807) is 31.3 Å². The smallest absolute Gasteiger partial charge is 0.246 e. The van der Waals surface area contributed by atoms with Gasteiger partial charge in [-0.25, -0.2) is 8.42 Å². The highest BCUT2D eigenvalue weighted by molar-refractivity contribution is 7.92. The predicted octanol–water partition coefficient (Wildman–Crippen LogP) is 2.53. The summed E-state index contributed by atoms with van der Waals surface area (Å²) in [6.45, 7) is 1.68. The van der Waals surface area contributed by atoms with Crippen LogP contribution in [0.5, 0.6) is 0 Å². The van der Waals surface area contributed by atoms with E-state index >= 15 is 0 Å². The number of sulfonamides is 1. The topological polar surface area (TPSA) is 96.6 Å². The molecule has 0 saturated heterocycles. The number of aryl methyl sites for hydroxylation is 1. The number of nitrogens with zero attached hydrogens (tertiary/aromatic N) is 4. The number of carbonyl (C=O) groups excluding carboxylic acids is 1. The van der Waals surface area contributed by atoms with Crippen LogP contribution in [-0.4, -0.2) is 49.2 Å². The Kier molecular flexibility index (Phi) is 5.80. The molecule has 8 nitrogen and oxygen atoms in total. The van der Waals surface area contributed by atoms with Gasteiger partial charge in [-0.05, 0) is 30.5 Å². The van der Waals surface area contributed by atoms with Crippen LogP contribution in [0.15, 0.2) is 46.3 Å². The lowest BCUT2D eigenvalue weighted by molar-refractivity contribution is -0.129. The largest absolute Gasteiger partial charge is 0.337 e. The standard InChI is InChI=1S/C18H20N4O4S2/c1-13-6-8-14(9-7-13)22(28(3,24)25)12-17(23)21(2)11-16-19-18(20-26-16)15-5-4-10-27-15/h4-10H,11-12H2,1-3H3. The molecular formula is C18H20N4O4S2. The van der Waals surface area contributed by atoms with Crippen molar-refractivity contribution in [1.82, 2.24) is 15.0 Å². The van der Waals surface area contributed by atoms with E-state index in [1.807, 2.05) is 24.4 Å². The Bertz CT molecular complexity index is 1040. The molecule has 0 aliphatic rings. The SMILES string of the molecule is Cc1ccc(N(CC(=O)N(C)Cc2nc(-c3cccs3)no2)S(C)(=O)=O)cc1. The summed E-state index contributed by atoms with van der Waals surface area (Å²) in [5.74, 6) is 0.352. The predicted molar refractivity (Wildman–Crippen MR) is 107 cm³/mol. The van der Waals surface area contributed by atoms with Crippen LogP contribution >= 0.6 is 11.3 Å². The minimum atomic E-state index is -3.62. The Labute approximate surface area is 167 Å². The van der Waals surface area contributed by atoms with Crippen molar-refractivity contribution >= 4 is 33.0 Å². The van der Waals surface area contributed by atoms with Crippen molar-refractivity contribution in [3.63, 3.8) is 0 Å². The molecule has 28 heavy (non-hydrogen) atoms. The Balaban J connectivity index is 1.70.